The fourth-order valence-corrected chi connectivity index (χ4v) is 6.18. The molecule has 2 atom stereocenters. The number of halogens is 2. The molecule has 2 aromatic rings. The van der Waals surface area contributed by atoms with Gasteiger partial charge in [0.2, 0.25) is 0 Å². The summed E-state index contributed by atoms with van der Waals surface area (Å²) in [5.74, 6) is -0.262. The Hall–Kier alpha value is -2.13. The molecule has 2 aromatic carbocycles. The van der Waals surface area contributed by atoms with E-state index in [1.165, 1.54) is 17.8 Å². The maximum Gasteiger partial charge on any atom is 0.164 e. The van der Waals surface area contributed by atoms with Crippen molar-refractivity contribution in [3.8, 4) is 5.75 Å². The van der Waals surface area contributed by atoms with Gasteiger partial charge in [0.1, 0.15) is 17.4 Å². The van der Waals surface area contributed by atoms with E-state index in [4.69, 9.17) is 4.74 Å². The van der Waals surface area contributed by atoms with Crippen LogP contribution in [-0.4, -0.2) is 49.5 Å². The summed E-state index contributed by atoms with van der Waals surface area (Å²) < 4.78 is 57.4. The Morgan fingerprint density at radius 2 is 1.93 bits per heavy atom. The Kier molecular flexibility index (Phi) is 5.29. The highest BCUT2D eigenvalue weighted by Gasteiger charge is 2.47. The van der Waals surface area contributed by atoms with Crippen LogP contribution in [0.4, 0.5) is 14.5 Å². The van der Waals surface area contributed by atoms with Crippen LogP contribution in [0.5, 0.6) is 5.75 Å². The van der Waals surface area contributed by atoms with Crippen molar-refractivity contribution in [2.45, 2.75) is 12.1 Å². The van der Waals surface area contributed by atoms with E-state index in [2.05, 4.69) is 4.99 Å². The molecule has 0 N–H and O–H groups in total. The number of benzene rings is 2. The molecule has 2 aliphatic heterocycles. The van der Waals surface area contributed by atoms with Gasteiger partial charge >= 0.3 is 0 Å². The van der Waals surface area contributed by atoms with Crippen molar-refractivity contribution in [2.24, 2.45) is 4.99 Å². The van der Waals surface area contributed by atoms with E-state index in [0.717, 1.165) is 17.9 Å². The standard InChI is InChI=1S/C19H18F2N2O3S2/c20-13-6-7-17(15(21)10-13)23-18-12-28(24,25)11-16(18)22-19(23)27-9-8-26-14-4-2-1-3-5-14/h1-7,10,16,18H,8-9,11-12H2/t16-,18-/m0/s1. The average molecular weight is 424 g/mol. The monoisotopic (exact) mass is 424 g/mol. The summed E-state index contributed by atoms with van der Waals surface area (Å²) >= 11 is 1.37. The van der Waals surface area contributed by atoms with Crippen molar-refractivity contribution in [1.82, 2.24) is 0 Å². The van der Waals surface area contributed by atoms with Crippen LogP contribution >= 0.6 is 11.8 Å². The van der Waals surface area contributed by atoms with Crippen molar-refractivity contribution in [1.29, 1.82) is 0 Å². The van der Waals surface area contributed by atoms with Crippen molar-refractivity contribution < 1.29 is 21.9 Å². The molecule has 0 aliphatic carbocycles. The minimum Gasteiger partial charge on any atom is -0.493 e. The lowest BCUT2D eigenvalue weighted by Crippen LogP contribution is -2.39. The molecule has 0 radical (unpaired) electrons. The van der Waals surface area contributed by atoms with E-state index in [-0.39, 0.29) is 17.2 Å². The van der Waals surface area contributed by atoms with E-state index < -0.39 is 33.6 Å². The van der Waals surface area contributed by atoms with E-state index >= 15 is 0 Å². The lowest BCUT2D eigenvalue weighted by Gasteiger charge is -2.26. The summed E-state index contributed by atoms with van der Waals surface area (Å²) in [6.45, 7) is 0.418. The zero-order valence-electron chi connectivity index (χ0n) is 14.8. The van der Waals surface area contributed by atoms with Gasteiger partial charge in [0.25, 0.3) is 0 Å². The number of fused-ring (bicyclic) bond motifs is 1. The Balaban J connectivity index is 1.50. The molecule has 1 fully saturated rings. The highest BCUT2D eigenvalue weighted by molar-refractivity contribution is 8.14. The molecule has 0 bridgehead atoms. The first-order chi connectivity index (χ1) is 13.4. The van der Waals surface area contributed by atoms with Crippen LogP contribution in [0.15, 0.2) is 53.5 Å². The Bertz CT molecular complexity index is 999. The summed E-state index contributed by atoms with van der Waals surface area (Å²) in [5, 5.41) is 0.534. The fourth-order valence-electron chi connectivity index (χ4n) is 3.40. The smallest absolute Gasteiger partial charge is 0.164 e. The van der Waals surface area contributed by atoms with Crippen molar-refractivity contribution in [2.75, 3.05) is 28.8 Å². The maximum absolute atomic E-state index is 14.4. The molecule has 0 amide bonds. The topological polar surface area (TPSA) is 59.0 Å². The van der Waals surface area contributed by atoms with Gasteiger partial charge in [-0.1, -0.05) is 30.0 Å². The van der Waals surface area contributed by atoms with Gasteiger partial charge in [0.15, 0.2) is 15.0 Å². The van der Waals surface area contributed by atoms with Crippen molar-refractivity contribution >= 4 is 32.5 Å². The average Bonchev–Trinajstić information content (AvgIpc) is 3.11. The number of aliphatic imine (C=N–C) groups is 1. The van der Waals surface area contributed by atoms with Gasteiger partial charge in [0.05, 0.1) is 35.9 Å². The molecule has 28 heavy (non-hydrogen) atoms. The first-order valence-electron chi connectivity index (χ1n) is 8.76. The summed E-state index contributed by atoms with van der Waals surface area (Å²) in [6, 6.07) is 11.7. The minimum atomic E-state index is -3.23. The molecule has 0 saturated carbocycles. The number of hydrogen-bond donors (Lipinski definition) is 0. The molecule has 0 unspecified atom stereocenters. The largest absolute Gasteiger partial charge is 0.493 e. The number of rotatable bonds is 5. The minimum absolute atomic E-state index is 0.0540. The molecule has 0 spiro atoms. The second kappa shape index (κ2) is 7.71. The van der Waals surface area contributed by atoms with Crippen LogP contribution in [0, 0.1) is 11.6 Å². The zero-order valence-corrected chi connectivity index (χ0v) is 16.4. The van der Waals surface area contributed by atoms with Crippen LogP contribution in [0.1, 0.15) is 0 Å². The van der Waals surface area contributed by atoms with Gasteiger partial charge in [-0.25, -0.2) is 17.2 Å². The Morgan fingerprint density at radius 3 is 2.68 bits per heavy atom. The second-order valence-corrected chi connectivity index (χ2v) is 9.81. The van der Waals surface area contributed by atoms with Gasteiger partial charge in [-0.15, -0.1) is 0 Å². The third kappa shape index (κ3) is 4.00. The molecule has 148 valence electrons. The van der Waals surface area contributed by atoms with Crippen LogP contribution in [0.3, 0.4) is 0 Å². The number of amidine groups is 1. The number of hydrogen-bond acceptors (Lipinski definition) is 6. The SMILES string of the molecule is O=S1(=O)C[C@@H]2N=C(SCCOc3ccccc3)N(c3ccc(F)cc3F)[C@H]2C1. The Morgan fingerprint density at radius 1 is 1.14 bits per heavy atom. The third-order valence-corrected chi connectivity index (χ3v) is 7.23. The summed E-state index contributed by atoms with van der Waals surface area (Å²) in [5.41, 5.74) is 0.140. The molecule has 1 saturated heterocycles. The molecule has 5 nitrogen and oxygen atoms in total. The van der Waals surface area contributed by atoms with Crippen LogP contribution < -0.4 is 9.64 Å². The quantitative estimate of drug-likeness (QED) is 0.691. The van der Waals surface area contributed by atoms with Gasteiger partial charge in [0, 0.05) is 11.8 Å². The number of nitrogens with zero attached hydrogens (tertiary/aromatic N) is 2. The second-order valence-electron chi connectivity index (χ2n) is 6.60. The highest BCUT2D eigenvalue weighted by Crippen LogP contribution is 2.36. The number of thioether (sulfide) groups is 1. The zero-order chi connectivity index (χ0) is 19.7. The van der Waals surface area contributed by atoms with E-state index in [9.17, 15) is 17.2 Å². The third-order valence-electron chi connectivity index (χ3n) is 4.60. The highest BCUT2D eigenvalue weighted by atomic mass is 32.2. The van der Waals surface area contributed by atoms with Gasteiger partial charge < -0.3 is 9.64 Å². The first kappa shape index (κ1) is 19.2. The lowest BCUT2D eigenvalue weighted by atomic mass is 10.1. The van der Waals surface area contributed by atoms with Crippen LogP contribution in [-0.2, 0) is 9.84 Å². The van der Waals surface area contributed by atoms with Crippen LogP contribution in [0.25, 0.3) is 0 Å². The lowest BCUT2D eigenvalue weighted by molar-refractivity contribution is 0.344. The fraction of sp³-hybridized carbons (Fsp3) is 0.316. The summed E-state index contributed by atoms with van der Waals surface area (Å²) in [7, 11) is -3.23. The maximum atomic E-state index is 14.4. The molecular weight excluding hydrogens is 406 g/mol. The van der Waals surface area contributed by atoms with Gasteiger partial charge in [-0.3, -0.25) is 4.99 Å². The molecule has 4 rings (SSSR count). The first-order valence-corrected chi connectivity index (χ1v) is 11.6. The number of para-hydroxylation sites is 1. The number of anilines is 1. The Labute approximate surface area is 166 Å². The van der Waals surface area contributed by atoms with Gasteiger partial charge in [-0.05, 0) is 24.3 Å². The summed E-state index contributed by atoms with van der Waals surface area (Å²) in [4.78, 5) is 6.12. The summed E-state index contributed by atoms with van der Waals surface area (Å²) in [6.07, 6.45) is 0. The molecule has 9 heteroatoms. The number of sulfone groups is 1. The van der Waals surface area contributed by atoms with Crippen molar-refractivity contribution in [3.05, 3.63) is 60.2 Å². The predicted molar refractivity (Wildman–Crippen MR) is 107 cm³/mol. The predicted octanol–water partition coefficient (Wildman–Crippen LogP) is 3.12. The number of ether oxygens (including phenoxy) is 1. The molecule has 0 aromatic heterocycles. The normalized spacial score (nSPS) is 22.8. The van der Waals surface area contributed by atoms with Crippen LogP contribution in [0.2, 0.25) is 0 Å². The molecule has 2 heterocycles. The molecular formula is C19H18F2N2O3S2. The molecule has 2 aliphatic rings. The van der Waals surface area contributed by atoms with E-state index in [0.29, 0.717) is 17.5 Å². The van der Waals surface area contributed by atoms with Crippen molar-refractivity contribution in [3.63, 3.8) is 0 Å². The van der Waals surface area contributed by atoms with Gasteiger partial charge in [-0.2, -0.15) is 0 Å². The van der Waals surface area contributed by atoms with E-state index in [1.54, 1.807) is 4.90 Å². The van der Waals surface area contributed by atoms with E-state index in [1.807, 2.05) is 30.3 Å².